The summed E-state index contributed by atoms with van der Waals surface area (Å²) in [7, 11) is 0. The number of esters is 1. The van der Waals surface area contributed by atoms with Gasteiger partial charge in [-0.2, -0.15) is 0 Å². The molecule has 1 N–H and O–H groups in total. The van der Waals surface area contributed by atoms with Crippen molar-refractivity contribution in [2.75, 3.05) is 6.61 Å². The Bertz CT molecular complexity index is 409. The average molecular weight is 313 g/mol. The molecule has 0 aromatic carbocycles. The van der Waals surface area contributed by atoms with Crippen LogP contribution < -0.4 is 5.32 Å². The van der Waals surface area contributed by atoms with Gasteiger partial charge in [0.2, 0.25) is 0 Å². The fourth-order valence-corrected chi connectivity index (χ4v) is 2.03. The lowest BCUT2D eigenvalue weighted by Gasteiger charge is -2.22. The minimum absolute atomic E-state index is 0.222. The van der Waals surface area contributed by atoms with E-state index < -0.39 is 23.7 Å². The van der Waals surface area contributed by atoms with Crippen molar-refractivity contribution in [2.24, 2.45) is 5.92 Å². The number of Topliss-reactive ketones (excluding diaryl/α,β-unsaturated/α-hetero) is 1. The molecular weight excluding hydrogens is 286 g/mol. The summed E-state index contributed by atoms with van der Waals surface area (Å²) in [5.74, 6) is -0.0213. The van der Waals surface area contributed by atoms with Gasteiger partial charge in [0, 0.05) is 12.3 Å². The molecule has 1 amide bonds. The number of ether oxygens (including phenoxy) is 2. The van der Waals surface area contributed by atoms with Crippen LogP contribution in [0.3, 0.4) is 0 Å². The Morgan fingerprint density at radius 3 is 2.36 bits per heavy atom. The number of carbonyl (C=O) groups is 3. The first kappa shape index (κ1) is 18.5. The van der Waals surface area contributed by atoms with E-state index in [1.54, 1.807) is 27.7 Å². The predicted octanol–water partition coefficient (Wildman–Crippen LogP) is 2.59. The van der Waals surface area contributed by atoms with Crippen molar-refractivity contribution in [1.82, 2.24) is 5.32 Å². The highest BCUT2D eigenvalue weighted by atomic mass is 16.6. The molecule has 1 saturated carbocycles. The van der Waals surface area contributed by atoms with Gasteiger partial charge in [0.1, 0.15) is 17.4 Å². The highest BCUT2D eigenvalue weighted by Gasteiger charge is 2.30. The molecule has 0 aliphatic heterocycles. The first-order chi connectivity index (χ1) is 10.2. The summed E-state index contributed by atoms with van der Waals surface area (Å²) in [6.45, 7) is 7.20. The van der Waals surface area contributed by atoms with Gasteiger partial charge in [-0.1, -0.05) is 0 Å². The molecule has 0 heterocycles. The zero-order chi connectivity index (χ0) is 16.8. The molecule has 0 spiro atoms. The zero-order valence-electron chi connectivity index (χ0n) is 13.9. The van der Waals surface area contributed by atoms with Crippen molar-refractivity contribution in [2.45, 2.75) is 71.4 Å². The van der Waals surface area contributed by atoms with Gasteiger partial charge < -0.3 is 14.8 Å². The van der Waals surface area contributed by atoms with Crippen molar-refractivity contribution >= 4 is 17.8 Å². The van der Waals surface area contributed by atoms with Crippen LogP contribution >= 0.6 is 0 Å². The van der Waals surface area contributed by atoms with E-state index >= 15 is 0 Å². The van der Waals surface area contributed by atoms with Crippen LogP contribution in [0.5, 0.6) is 0 Å². The van der Waals surface area contributed by atoms with Crippen LogP contribution in [0.2, 0.25) is 0 Å². The van der Waals surface area contributed by atoms with E-state index in [4.69, 9.17) is 9.47 Å². The highest BCUT2D eigenvalue weighted by molar-refractivity contribution is 5.83. The molecule has 22 heavy (non-hydrogen) atoms. The summed E-state index contributed by atoms with van der Waals surface area (Å²) >= 11 is 0. The van der Waals surface area contributed by atoms with Gasteiger partial charge in [-0.3, -0.25) is 4.79 Å². The summed E-state index contributed by atoms with van der Waals surface area (Å²) in [5.41, 5.74) is -0.634. The average Bonchev–Trinajstić information content (AvgIpc) is 3.19. The normalized spacial score (nSPS) is 15.8. The molecule has 1 atom stereocenters. The van der Waals surface area contributed by atoms with Crippen molar-refractivity contribution in [3.8, 4) is 0 Å². The van der Waals surface area contributed by atoms with E-state index in [0.29, 0.717) is 19.3 Å². The molecule has 126 valence electrons. The topological polar surface area (TPSA) is 81.7 Å². The van der Waals surface area contributed by atoms with Gasteiger partial charge in [-0.25, -0.2) is 9.59 Å². The molecule has 6 heteroatoms. The van der Waals surface area contributed by atoms with E-state index in [1.807, 2.05) is 0 Å². The molecule has 0 bridgehead atoms. The van der Waals surface area contributed by atoms with Gasteiger partial charge in [0.15, 0.2) is 0 Å². The quantitative estimate of drug-likeness (QED) is 0.697. The maximum absolute atomic E-state index is 11.9. The van der Waals surface area contributed by atoms with Gasteiger partial charge in [0.25, 0.3) is 0 Å². The highest BCUT2D eigenvalue weighted by Crippen LogP contribution is 2.31. The van der Waals surface area contributed by atoms with Crippen LogP contribution in [-0.4, -0.2) is 36.1 Å². The number of hydrogen-bond acceptors (Lipinski definition) is 5. The zero-order valence-corrected chi connectivity index (χ0v) is 13.9. The van der Waals surface area contributed by atoms with E-state index in [9.17, 15) is 14.4 Å². The molecule has 1 aliphatic rings. The van der Waals surface area contributed by atoms with Crippen molar-refractivity contribution in [3.05, 3.63) is 0 Å². The first-order valence-electron chi connectivity index (χ1n) is 7.91. The van der Waals surface area contributed by atoms with Gasteiger partial charge in [-0.15, -0.1) is 0 Å². The Balaban J connectivity index is 2.45. The second kappa shape index (κ2) is 8.15. The van der Waals surface area contributed by atoms with Crippen LogP contribution in [0.4, 0.5) is 4.79 Å². The third-order valence-electron chi connectivity index (χ3n) is 3.21. The second-order valence-electron chi connectivity index (χ2n) is 6.58. The maximum Gasteiger partial charge on any atom is 0.408 e. The van der Waals surface area contributed by atoms with Crippen LogP contribution in [0.25, 0.3) is 0 Å². The molecule has 0 radical (unpaired) electrons. The number of rotatable bonds is 8. The van der Waals surface area contributed by atoms with E-state index in [2.05, 4.69) is 5.32 Å². The summed E-state index contributed by atoms with van der Waals surface area (Å²) in [6.07, 6.45) is 2.67. The molecule has 1 aliphatic carbocycles. The number of alkyl carbamates (subject to hydrolysis) is 1. The molecule has 0 saturated heterocycles. The Kier molecular flexibility index (Phi) is 6.84. The third-order valence-corrected chi connectivity index (χ3v) is 3.21. The Morgan fingerprint density at radius 2 is 1.86 bits per heavy atom. The van der Waals surface area contributed by atoms with Crippen LogP contribution in [0, 0.1) is 5.92 Å². The van der Waals surface area contributed by atoms with Crippen molar-refractivity contribution < 1.29 is 23.9 Å². The number of amides is 1. The predicted molar refractivity (Wildman–Crippen MR) is 81.4 cm³/mol. The monoisotopic (exact) mass is 313 g/mol. The fraction of sp³-hybridized carbons (Fsp3) is 0.812. The number of ketones is 1. The molecule has 6 nitrogen and oxygen atoms in total. The molecule has 0 unspecified atom stereocenters. The van der Waals surface area contributed by atoms with E-state index in [1.165, 1.54) is 0 Å². The number of nitrogens with one attached hydrogen (secondary N) is 1. The molecular formula is C16H27NO5. The smallest absolute Gasteiger partial charge is 0.408 e. The van der Waals surface area contributed by atoms with Crippen LogP contribution in [0.15, 0.2) is 0 Å². The number of hydrogen-bond donors (Lipinski definition) is 1. The molecule has 0 aromatic heterocycles. The van der Waals surface area contributed by atoms with Crippen molar-refractivity contribution in [3.63, 3.8) is 0 Å². The molecule has 1 fully saturated rings. The lowest BCUT2D eigenvalue weighted by atomic mass is 10.1. The Hall–Kier alpha value is -1.59. The Labute approximate surface area is 131 Å². The SMILES string of the molecule is CCOC(=O)[C@H](CCCC(=O)C1CC1)NC(=O)OC(C)(C)C. The van der Waals surface area contributed by atoms with Gasteiger partial charge >= 0.3 is 12.1 Å². The van der Waals surface area contributed by atoms with Crippen LogP contribution in [-0.2, 0) is 19.1 Å². The third kappa shape index (κ3) is 7.43. The maximum atomic E-state index is 11.9. The summed E-state index contributed by atoms with van der Waals surface area (Å²) in [6, 6.07) is -0.776. The van der Waals surface area contributed by atoms with Gasteiger partial charge in [0.05, 0.1) is 6.61 Å². The minimum Gasteiger partial charge on any atom is -0.464 e. The van der Waals surface area contributed by atoms with E-state index in [-0.39, 0.29) is 18.3 Å². The van der Waals surface area contributed by atoms with Gasteiger partial charge in [-0.05, 0) is 53.4 Å². The standard InChI is InChI=1S/C16H27NO5/c1-5-21-14(19)12(17-15(20)22-16(2,3)4)7-6-8-13(18)11-9-10-11/h11-12H,5-10H2,1-4H3,(H,17,20)/t12-/m0/s1. The fourth-order valence-electron chi connectivity index (χ4n) is 2.03. The summed E-state index contributed by atoms with van der Waals surface area (Å²) < 4.78 is 10.1. The largest absolute Gasteiger partial charge is 0.464 e. The van der Waals surface area contributed by atoms with Crippen molar-refractivity contribution in [1.29, 1.82) is 0 Å². The minimum atomic E-state index is -0.776. The Morgan fingerprint density at radius 1 is 1.23 bits per heavy atom. The summed E-state index contributed by atoms with van der Waals surface area (Å²) in [5, 5.41) is 2.53. The van der Waals surface area contributed by atoms with E-state index in [0.717, 1.165) is 12.8 Å². The second-order valence-corrected chi connectivity index (χ2v) is 6.58. The lowest BCUT2D eigenvalue weighted by molar-refractivity contribution is -0.146. The first-order valence-corrected chi connectivity index (χ1v) is 7.91. The summed E-state index contributed by atoms with van der Waals surface area (Å²) in [4.78, 5) is 35.3. The molecule has 1 rings (SSSR count). The lowest BCUT2D eigenvalue weighted by Crippen LogP contribution is -2.44. The number of carbonyl (C=O) groups excluding carboxylic acids is 3. The molecule has 0 aromatic rings. The van der Waals surface area contributed by atoms with Crippen LogP contribution in [0.1, 0.15) is 59.8 Å².